The summed E-state index contributed by atoms with van der Waals surface area (Å²) in [6.45, 7) is 0.692. The molecular formula is C22H23N5S3. The van der Waals surface area contributed by atoms with Gasteiger partial charge in [-0.25, -0.2) is 9.67 Å². The van der Waals surface area contributed by atoms with Crippen LogP contribution in [0.1, 0.15) is 29.4 Å². The van der Waals surface area contributed by atoms with Gasteiger partial charge < -0.3 is 4.57 Å². The van der Waals surface area contributed by atoms with Gasteiger partial charge in [0.25, 0.3) is 0 Å². The van der Waals surface area contributed by atoms with Gasteiger partial charge in [0.1, 0.15) is 5.82 Å². The summed E-state index contributed by atoms with van der Waals surface area (Å²) in [6.07, 6.45) is 2.29. The predicted octanol–water partition coefficient (Wildman–Crippen LogP) is 5.43. The number of hydrogen-bond donors (Lipinski definition) is 0. The minimum absolute atomic E-state index is 0.422. The second-order valence-corrected chi connectivity index (χ2v) is 10.3. The fourth-order valence-corrected chi connectivity index (χ4v) is 6.34. The normalized spacial score (nSPS) is 15.9. The van der Waals surface area contributed by atoms with Crippen molar-refractivity contribution in [3.63, 3.8) is 0 Å². The second-order valence-electron chi connectivity index (χ2n) is 7.65. The van der Waals surface area contributed by atoms with Crippen LogP contribution in [0.25, 0.3) is 10.2 Å². The summed E-state index contributed by atoms with van der Waals surface area (Å²) in [6, 6.07) is 17.4. The summed E-state index contributed by atoms with van der Waals surface area (Å²) in [5, 5.41) is 4.84. The third-order valence-corrected chi connectivity index (χ3v) is 8.38. The zero-order valence-corrected chi connectivity index (χ0v) is 19.4. The van der Waals surface area contributed by atoms with Crippen molar-refractivity contribution in [2.45, 2.75) is 35.6 Å². The first-order valence-electron chi connectivity index (χ1n) is 9.99. The zero-order chi connectivity index (χ0) is 20.7. The molecule has 5 nitrogen and oxygen atoms in total. The Bertz CT molecular complexity index is 1220. The number of benzene rings is 2. The van der Waals surface area contributed by atoms with Crippen molar-refractivity contribution in [1.29, 1.82) is 0 Å². The standard InChI is InChI=1S/C22H23N5S3/c1-25(18-12-11-15-7-3-4-8-16(15)18)14-27-22(28)26(2)20(24-27)13-29-21-23-17-9-5-6-10-19(17)30-21/h3-10,18H,11-14H2,1-2H3. The minimum Gasteiger partial charge on any atom is -0.306 e. The van der Waals surface area contributed by atoms with E-state index in [1.165, 1.54) is 15.8 Å². The Morgan fingerprint density at radius 2 is 2.00 bits per heavy atom. The molecule has 0 radical (unpaired) electrons. The molecule has 0 spiro atoms. The lowest BCUT2D eigenvalue weighted by atomic mass is 10.1. The highest BCUT2D eigenvalue weighted by Gasteiger charge is 2.26. The lowest BCUT2D eigenvalue weighted by molar-refractivity contribution is 0.181. The highest BCUT2D eigenvalue weighted by molar-refractivity contribution is 8.00. The van der Waals surface area contributed by atoms with E-state index in [2.05, 4.69) is 54.4 Å². The van der Waals surface area contributed by atoms with E-state index in [1.807, 2.05) is 22.4 Å². The van der Waals surface area contributed by atoms with E-state index in [4.69, 9.17) is 22.3 Å². The maximum Gasteiger partial charge on any atom is 0.198 e. The van der Waals surface area contributed by atoms with Crippen molar-refractivity contribution in [1.82, 2.24) is 24.2 Å². The summed E-state index contributed by atoms with van der Waals surface area (Å²) in [4.78, 5) is 7.07. The van der Waals surface area contributed by atoms with Crippen LogP contribution in [0.3, 0.4) is 0 Å². The quantitative estimate of drug-likeness (QED) is 0.287. The molecule has 4 aromatic rings. The molecule has 0 saturated heterocycles. The molecule has 0 amide bonds. The van der Waals surface area contributed by atoms with Crippen LogP contribution in [-0.2, 0) is 25.9 Å². The Kier molecular flexibility index (Phi) is 5.49. The predicted molar refractivity (Wildman–Crippen MR) is 126 cm³/mol. The molecular weight excluding hydrogens is 430 g/mol. The number of aromatic nitrogens is 4. The average molecular weight is 454 g/mol. The van der Waals surface area contributed by atoms with E-state index < -0.39 is 0 Å². The van der Waals surface area contributed by atoms with Crippen molar-refractivity contribution < 1.29 is 0 Å². The van der Waals surface area contributed by atoms with Crippen LogP contribution in [0.15, 0.2) is 52.9 Å². The van der Waals surface area contributed by atoms with Gasteiger partial charge in [0, 0.05) is 13.1 Å². The first kappa shape index (κ1) is 19.9. The Morgan fingerprint density at radius 3 is 2.87 bits per heavy atom. The molecule has 5 rings (SSSR count). The number of fused-ring (bicyclic) bond motifs is 2. The fraction of sp³-hybridized carbons (Fsp3) is 0.318. The molecule has 2 aromatic carbocycles. The molecule has 154 valence electrons. The average Bonchev–Trinajstić information content (AvgIpc) is 3.44. The van der Waals surface area contributed by atoms with Gasteiger partial charge in [0.15, 0.2) is 9.11 Å². The van der Waals surface area contributed by atoms with Crippen LogP contribution in [-0.4, -0.2) is 31.3 Å². The van der Waals surface area contributed by atoms with Crippen molar-refractivity contribution in [2.75, 3.05) is 7.05 Å². The smallest absolute Gasteiger partial charge is 0.198 e. The summed E-state index contributed by atoms with van der Waals surface area (Å²) in [5.41, 5.74) is 3.96. The molecule has 2 heterocycles. The SMILES string of the molecule is CN(Cn1nc(CSc2nc3ccccc3s2)n(C)c1=S)C1CCc2ccccc21. The molecule has 0 aliphatic heterocycles. The van der Waals surface area contributed by atoms with Gasteiger partial charge >= 0.3 is 0 Å². The Morgan fingerprint density at radius 1 is 1.20 bits per heavy atom. The van der Waals surface area contributed by atoms with Gasteiger partial charge in [-0.05, 0) is 55.4 Å². The van der Waals surface area contributed by atoms with Crippen LogP contribution in [0.5, 0.6) is 0 Å². The van der Waals surface area contributed by atoms with E-state index >= 15 is 0 Å². The lowest BCUT2D eigenvalue weighted by Gasteiger charge is -2.24. The van der Waals surface area contributed by atoms with Gasteiger partial charge in [-0.15, -0.1) is 11.3 Å². The van der Waals surface area contributed by atoms with E-state index in [0.29, 0.717) is 12.7 Å². The van der Waals surface area contributed by atoms with Crippen molar-refractivity contribution in [3.05, 3.63) is 70.3 Å². The van der Waals surface area contributed by atoms with Gasteiger partial charge in [0.2, 0.25) is 0 Å². The van der Waals surface area contributed by atoms with Gasteiger partial charge in [-0.1, -0.05) is 48.2 Å². The van der Waals surface area contributed by atoms with Crippen LogP contribution in [0.4, 0.5) is 0 Å². The molecule has 2 aromatic heterocycles. The Hall–Kier alpha value is -2.00. The van der Waals surface area contributed by atoms with Crippen molar-refractivity contribution >= 4 is 45.5 Å². The van der Waals surface area contributed by atoms with E-state index in [9.17, 15) is 0 Å². The van der Waals surface area contributed by atoms with Crippen molar-refractivity contribution in [2.24, 2.45) is 7.05 Å². The molecule has 1 aliphatic rings. The van der Waals surface area contributed by atoms with Crippen LogP contribution in [0, 0.1) is 4.77 Å². The van der Waals surface area contributed by atoms with Crippen LogP contribution in [0.2, 0.25) is 0 Å². The Balaban J connectivity index is 1.30. The van der Waals surface area contributed by atoms with Crippen LogP contribution >= 0.6 is 35.3 Å². The number of hydrogen-bond acceptors (Lipinski definition) is 6. The lowest BCUT2D eigenvalue weighted by Crippen LogP contribution is -2.26. The molecule has 1 atom stereocenters. The number of aryl methyl sites for hydroxylation is 1. The third-order valence-electron chi connectivity index (χ3n) is 5.72. The molecule has 0 bridgehead atoms. The third kappa shape index (κ3) is 3.73. The summed E-state index contributed by atoms with van der Waals surface area (Å²) in [5.74, 6) is 1.73. The number of rotatable bonds is 6. The monoisotopic (exact) mass is 453 g/mol. The second kappa shape index (κ2) is 8.26. The number of thiazole rings is 1. The van der Waals surface area contributed by atoms with Crippen molar-refractivity contribution in [3.8, 4) is 0 Å². The highest BCUT2D eigenvalue weighted by atomic mass is 32.2. The molecule has 30 heavy (non-hydrogen) atoms. The molecule has 0 N–H and O–H groups in total. The highest BCUT2D eigenvalue weighted by Crippen LogP contribution is 2.35. The topological polar surface area (TPSA) is 38.9 Å². The minimum atomic E-state index is 0.422. The zero-order valence-electron chi connectivity index (χ0n) is 17.0. The van der Waals surface area contributed by atoms with Crippen LogP contribution < -0.4 is 0 Å². The molecule has 0 saturated carbocycles. The first-order chi connectivity index (χ1) is 14.6. The van der Waals surface area contributed by atoms with E-state index in [1.54, 1.807) is 23.1 Å². The summed E-state index contributed by atoms with van der Waals surface area (Å²) in [7, 11) is 4.17. The maximum absolute atomic E-state index is 5.68. The molecule has 8 heteroatoms. The van der Waals surface area contributed by atoms with Gasteiger partial charge in [-0.3, -0.25) is 4.90 Å². The first-order valence-corrected chi connectivity index (χ1v) is 12.2. The number of nitrogens with zero attached hydrogens (tertiary/aromatic N) is 5. The van der Waals surface area contributed by atoms with E-state index in [-0.39, 0.29) is 0 Å². The maximum atomic E-state index is 5.68. The summed E-state index contributed by atoms with van der Waals surface area (Å²) < 4.78 is 7.01. The molecule has 1 unspecified atom stereocenters. The van der Waals surface area contributed by atoms with E-state index in [0.717, 1.165) is 39.0 Å². The summed E-state index contributed by atoms with van der Waals surface area (Å²) >= 11 is 9.13. The molecule has 0 fully saturated rings. The van der Waals surface area contributed by atoms with Gasteiger partial charge in [0.05, 0.1) is 22.6 Å². The Labute approximate surface area is 189 Å². The fourth-order valence-electron chi connectivity index (χ4n) is 4.09. The molecule has 1 aliphatic carbocycles. The number of thioether (sulfide) groups is 1. The largest absolute Gasteiger partial charge is 0.306 e. The number of para-hydroxylation sites is 1. The van der Waals surface area contributed by atoms with Gasteiger partial charge in [-0.2, -0.15) is 5.10 Å².